The predicted molar refractivity (Wildman–Crippen MR) is 102 cm³/mol. The number of hydrogen-bond donors (Lipinski definition) is 0. The first-order chi connectivity index (χ1) is 10.4. The molecule has 0 saturated carbocycles. The SMILES string of the molecule is CC1=C2C=CC=CC2c2c1n([Si](C)(C)C)c1ccc(Br)cc21. The molecule has 1 nitrogen and oxygen atoms in total. The maximum absolute atomic E-state index is 3.66. The van der Waals surface area contributed by atoms with Gasteiger partial charge in [0.15, 0.2) is 8.24 Å². The number of hydrogen-bond acceptors (Lipinski definition) is 0. The van der Waals surface area contributed by atoms with Crippen LogP contribution in [0.1, 0.15) is 24.1 Å². The Bertz CT molecular complexity index is 890. The van der Waals surface area contributed by atoms with E-state index in [2.05, 4.69) is 89.2 Å². The van der Waals surface area contributed by atoms with Gasteiger partial charge in [-0.25, -0.2) is 0 Å². The Hall–Kier alpha value is -1.32. The lowest BCUT2D eigenvalue weighted by Crippen LogP contribution is -2.33. The summed E-state index contributed by atoms with van der Waals surface area (Å²) in [5.41, 5.74) is 7.31. The van der Waals surface area contributed by atoms with Crippen LogP contribution in [0.15, 0.2) is 52.5 Å². The van der Waals surface area contributed by atoms with E-state index in [4.69, 9.17) is 0 Å². The summed E-state index contributed by atoms with van der Waals surface area (Å²) in [6.45, 7) is 9.59. The molecule has 0 spiro atoms. The third-order valence-corrected chi connectivity index (χ3v) is 7.06. The third kappa shape index (κ3) is 1.82. The third-order valence-electron chi connectivity index (χ3n) is 4.76. The van der Waals surface area contributed by atoms with Crippen LogP contribution >= 0.6 is 15.9 Å². The number of aromatic nitrogens is 1. The van der Waals surface area contributed by atoms with Gasteiger partial charge in [-0.1, -0.05) is 59.9 Å². The molecule has 0 N–H and O–H groups in total. The Balaban J connectivity index is 2.18. The highest BCUT2D eigenvalue weighted by atomic mass is 79.9. The standard InChI is InChI=1S/C19H20BrNSi/c1-12-14-7-5-6-8-15(14)18-16-11-13(20)9-10-17(16)21(19(12)18)22(2,3)4/h5-11,15H,1-4H3. The van der Waals surface area contributed by atoms with Crippen LogP contribution in [0.5, 0.6) is 0 Å². The zero-order valence-electron chi connectivity index (χ0n) is 13.4. The summed E-state index contributed by atoms with van der Waals surface area (Å²) in [6, 6.07) is 6.75. The van der Waals surface area contributed by atoms with Crippen LogP contribution in [0.2, 0.25) is 19.6 Å². The molecule has 1 aromatic carbocycles. The smallest absolute Gasteiger partial charge is 0.153 e. The van der Waals surface area contributed by atoms with E-state index in [0.717, 1.165) is 4.47 Å². The van der Waals surface area contributed by atoms with Crippen LogP contribution in [0, 0.1) is 0 Å². The second-order valence-corrected chi connectivity index (χ2v) is 12.9. The number of rotatable bonds is 1. The second kappa shape index (κ2) is 4.59. The molecule has 0 aliphatic heterocycles. The van der Waals surface area contributed by atoms with Gasteiger partial charge < -0.3 is 4.23 Å². The molecule has 22 heavy (non-hydrogen) atoms. The number of allylic oxidation sites excluding steroid dienone is 6. The van der Waals surface area contributed by atoms with Crippen molar-refractivity contribution in [3.8, 4) is 0 Å². The molecule has 1 aromatic heterocycles. The van der Waals surface area contributed by atoms with Crippen molar-refractivity contribution in [3.63, 3.8) is 0 Å². The Morgan fingerprint density at radius 2 is 1.91 bits per heavy atom. The molecule has 0 fully saturated rings. The van der Waals surface area contributed by atoms with Gasteiger partial charge in [-0.2, -0.15) is 0 Å². The van der Waals surface area contributed by atoms with Crippen LogP contribution in [0.3, 0.4) is 0 Å². The van der Waals surface area contributed by atoms with Gasteiger partial charge in [0.1, 0.15) is 0 Å². The molecule has 3 heteroatoms. The average Bonchev–Trinajstić information content (AvgIpc) is 2.93. The van der Waals surface area contributed by atoms with E-state index in [1.165, 1.54) is 33.3 Å². The van der Waals surface area contributed by atoms with Gasteiger partial charge >= 0.3 is 0 Å². The highest BCUT2D eigenvalue weighted by molar-refractivity contribution is 9.10. The molecule has 2 aliphatic rings. The van der Waals surface area contributed by atoms with Gasteiger partial charge in [0, 0.05) is 27.0 Å². The Morgan fingerprint density at radius 3 is 2.64 bits per heavy atom. The molecule has 0 radical (unpaired) electrons. The minimum Gasteiger partial charge on any atom is -0.368 e. The lowest BCUT2D eigenvalue weighted by atomic mass is 9.91. The van der Waals surface area contributed by atoms with Crippen LogP contribution < -0.4 is 0 Å². The number of fused-ring (bicyclic) bond motifs is 5. The highest BCUT2D eigenvalue weighted by Gasteiger charge is 2.36. The summed E-state index contributed by atoms with van der Waals surface area (Å²) in [7, 11) is -1.51. The van der Waals surface area contributed by atoms with E-state index < -0.39 is 8.24 Å². The van der Waals surface area contributed by atoms with E-state index in [0.29, 0.717) is 5.92 Å². The van der Waals surface area contributed by atoms with Crippen molar-refractivity contribution < 1.29 is 0 Å². The fourth-order valence-electron chi connectivity index (χ4n) is 3.96. The van der Waals surface area contributed by atoms with Crippen LogP contribution in [-0.4, -0.2) is 12.5 Å². The molecular formula is C19H20BrNSi. The molecule has 4 rings (SSSR count). The maximum Gasteiger partial charge on any atom is 0.153 e. The number of nitrogens with zero attached hydrogens (tertiary/aromatic N) is 1. The number of benzene rings is 1. The quantitative estimate of drug-likeness (QED) is 0.536. The van der Waals surface area contributed by atoms with E-state index in [9.17, 15) is 0 Å². The summed E-state index contributed by atoms with van der Waals surface area (Å²) in [4.78, 5) is 0. The summed E-state index contributed by atoms with van der Waals surface area (Å²) in [6.07, 6.45) is 8.99. The number of halogens is 1. The Morgan fingerprint density at radius 1 is 1.14 bits per heavy atom. The Labute approximate surface area is 141 Å². The van der Waals surface area contributed by atoms with Crippen molar-refractivity contribution in [1.82, 2.24) is 4.23 Å². The normalized spacial score (nSPS) is 20.0. The second-order valence-electron chi connectivity index (χ2n) is 7.23. The van der Waals surface area contributed by atoms with Crippen molar-refractivity contribution in [2.45, 2.75) is 32.5 Å². The summed E-state index contributed by atoms with van der Waals surface area (Å²) >= 11 is 3.66. The van der Waals surface area contributed by atoms with Gasteiger partial charge in [-0.05, 0) is 41.8 Å². The highest BCUT2D eigenvalue weighted by Crippen LogP contribution is 2.50. The van der Waals surface area contributed by atoms with Crippen molar-refractivity contribution >= 4 is 40.6 Å². The Kier molecular flexibility index (Phi) is 2.98. The van der Waals surface area contributed by atoms with Gasteiger partial charge in [0.25, 0.3) is 0 Å². The molecule has 0 saturated heterocycles. The molecule has 112 valence electrons. The van der Waals surface area contributed by atoms with Crippen LogP contribution in [0.4, 0.5) is 0 Å². The largest absolute Gasteiger partial charge is 0.368 e. The maximum atomic E-state index is 3.66. The van der Waals surface area contributed by atoms with Gasteiger partial charge in [0.2, 0.25) is 0 Å². The first kappa shape index (κ1) is 14.3. The van der Waals surface area contributed by atoms with Gasteiger partial charge in [0.05, 0.1) is 0 Å². The predicted octanol–water partition coefficient (Wildman–Crippen LogP) is 6.08. The van der Waals surface area contributed by atoms with E-state index in [1.807, 2.05) is 0 Å². The molecule has 1 heterocycles. The zero-order chi connectivity index (χ0) is 15.6. The van der Waals surface area contributed by atoms with E-state index in [1.54, 1.807) is 0 Å². The summed E-state index contributed by atoms with van der Waals surface area (Å²) in [5, 5.41) is 1.41. The molecule has 2 aliphatic carbocycles. The van der Waals surface area contributed by atoms with Crippen LogP contribution in [-0.2, 0) is 0 Å². The molecule has 1 unspecified atom stereocenters. The minimum atomic E-state index is -1.51. The zero-order valence-corrected chi connectivity index (χ0v) is 16.0. The first-order valence-corrected chi connectivity index (χ1v) is 12.0. The minimum absolute atomic E-state index is 0.425. The lowest BCUT2D eigenvalue weighted by molar-refractivity contribution is 1.05. The van der Waals surface area contributed by atoms with Crippen molar-refractivity contribution in [2.24, 2.45) is 0 Å². The lowest BCUT2D eigenvalue weighted by Gasteiger charge is -2.24. The van der Waals surface area contributed by atoms with Crippen molar-refractivity contribution in [2.75, 3.05) is 0 Å². The average molecular weight is 370 g/mol. The molecule has 2 aromatic rings. The summed E-state index contributed by atoms with van der Waals surface area (Å²) in [5.74, 6) is 0.425. The van der Waals surface area contributed by atoms with Crippen molar-refractivity contribution in [1.29, 1.82) is 0 Å². The van der Waals surface area contributed by atoms with E-state index >= 15 is 0 Å². The first-order valence-electron chi connectivity index (χ1n) is 7.80. The molecule has 0 amide bonds. The van der Waals surface area contributed by atoms with E-state index in [-0.39, 0.29) is 0 Å². The van der Waals surface area contributed by atoms with Gasteiger partial charge in [-0.15, -0.1) is 0 Å². The molecular weight excluding hydrogens is 350 g/mol. The molecule has 1 atom stereocenters. The fourth-order valence-corrected chi connectivity index (χ4v) is 6.20. The van der Waals surface area contributed by atoms with Gasteiger partial charge in [-0.3, -0.25) is 0 Å². The van der Waals surface area contributed by atoms with Crippen molar-refractivity contribution in [3.05, 3.63) is 63.8 Å². The summed E-state index contributed by atoms with van der Waals surface area (Å²) < 4.78 is 3.82. The molecule has 0 bridgehead atoms. The fraction of sp³-hybridized carbons (Fsp3) is 0.263. The topological polar surface area (TPSA) is 4.93 Å². The monoisotopic (exact) mass is 369 g/mol. The van der Waals surface area contributed by atoms with Crippen LogP contribution in [0.25, 0.3) is 16.5 Å².